The summed E-state index contributed by atoms with van der Waals surface area (Å²) in [5.41, 5.74) is 3.65. The van der Waals surface area contributed by atoms with Crippen molar-refractivity contribution in [2.45, 2.75) is 189 Å². The highest BCUT2D eigenvalue weighted by Gasteiger charge is 2.59. The maximum Gasteiger partial charge on any atom is 0.310 e. The summed E-state index contributed by atoms with van der Waals surface area (Å²) < 4.78 is 5.48. The fourth-order valence-corrected chi connectivity index (χ4v) is 11.1. The van der Waals surface area contributed by atoms with Crippen LogP contribution < -0.4 is 0 Å². The molecule has 266 valence electrons. The van der Waals surface area contributed by atoms with Crippen LogP contribution >= 0.6 is 0 Å². The van der Waals surface area contributed by atoms with Gasteiger partial charge in [0, 0.05) is 6.42 Å². The van der Waals surface area contributed by atoms with E-state index in [9.17, 15) is 4.79 Å². The van der Waals surface area contributed by atoms with Crippen molar-refractivity contribution in [1.29, 1.82) is 0 Å². The Morgan fingerprint density at radius 2 is 1.40 bits per heavy atom. The zero-order chi connectivity index (χ0) is 33.5. The molecule has 0 aromatic rings. The second-order valence-corrected chi connectivity index (χ2v) is 17.0. The summed E-state index contributed by atoms with van der Waals surface area (Å²) in [5.74, 6) is 4.49. The Kier molecular flexibility index (Phi) is 15.9. The van der Waals surface area contributed by atoms with Crippen LogP contribution in [0.25, 0.3) is 0 Å². The second-order valence-electron chi connectivity index (χ2n) is 17.0. The fourth-order valence-electron chi connectivity index (χ4n) is 11.1. The van der Waals surface area contributed by atoms with Crippen LogP contribution in [0.1, 0.15) is 189 Å². The molecule has 0 amide bonds. The smallest absolute Gasteiger partial charge is 0.310 e. The lowest BCUT2D eigenvalue weighted by Gasteiger charge is -2.60. The molecule has 47 heavy (non-hydrogen) atoms. The van der Waals surface area contributed by atoms with Gasteiger partial charge in [0.2, 0.25) is 0 Å². The van der Waals surface area contributed by atoms with Gasteiger partial charge in [0.15, 0.2) is 0 Å². The van der Waals surface area contributed by atoms with Crippen LogP contribution in [0.4, 0.5) is 0 Å². The Morgan fingerprint density at radius 1 is 0.723 bits per heavy atom. The number of ether oxygens (including phenoxy) is 1. The van der Waals surface area contributed by atoms with Gasteiger partial charge in [0.05, 0.1) is 6.26 Å². The van der Waals surface area contributed by atoms with E-state index in [-0.39, 0.29) is 5.97 Å². The summed E-state index contributed by atoms with van der Waals surface area (Å²) in [5, 5.41) is 0. The Labute approximate surface area is 291 Å². The van der Waals surface area contributed by atoms with Gasteiger partial charge in [-0.05, 0) is 143 Å². The number of carbonyl (C=O) groups excluding carboxylic acids is 1. The summed E-state index contributed by atoms with van der Waals surface area (Å²) in [7, 11) is 0. The van der Waals surface area contributed by atoms with E-state index < -0.39 is 0 Å². The van der Waals surface area contributed by atoms with Crippen LogP contribution in [-0.4, -0.2) is 5.97 Å². The number of allylic oxidation sites excluding steroid dienone is 7. The van der Waals surface area contributed by atoms with E-state index in [1.54, 1.807) is 11.8 Å². The standard InChI is InChI=1S/C45H74O2/c1-6-7-8-9-10-11-12-13-14-15-16-17-18-19-20-27-43(46)47-35-36(2)24-23-25-37(3)40-30-31-41-39-29-28-38-26-21-22-33-44(38,4)42(39)32-34-45(40,41)5/h13-14,23-25,35,38-42H,6-12,15-22,26-34H2,1-5H3/b14-13-,24-23?,36-35?,37-25?/t38?,39-,40+,41-,42-,44-,45+/m0/s1. The molecule has 0 radical (unpaired) electrons. The Morgan fingerprint density at radius 3 is 2.15 bits per heavy atom. The van der Waals surface area contributed by atoms with Gasteiger partial charge in [-0.15, -0.1) is 0 Å². The molecule has 0 heterocycles. The maximum atomic E-state index is 12.3. The van der Waals surface area contributed by atoms with Gasteiger partial charge in [-0.1, -0.05) is 121 Å². The molecule has 0 aromatic heterocycles. The van der Waals surface area contributed by atoms with Crippen LogP contribution in [0.15, 0.2) is 47.8 Å². The van der Waals surface area contributed by atoms with E-state index in [4.69, 9.17) is 4.74 Å². The van der Waals surface area contributed by atoms with Gasteiger partial charge in [-0.25, -0.2) is 0 Å². The number of unbranched alkanes of at least 4 members (excludes halogenated alkanes) is 11. The highest BCUT2D eigenvalue weighted by molar-refractivity contribution is 5.70. The van der Waals surface area contributed by atoms with Gasteiger partial charge < -0.3 is 4.74 Å². The highest BCUT2D eigenvalue weighted by Crippen LogP contribution is 2.68. The third-order valence-corrected chi connectivity index (χ3v) is 13.9. The third-order valence-electron chi connectivity index (χ3n) is 13.9. The molecule has 1 unspecified atom stereocenters. The van der Waals surface area contributed by atoms with Crippen molar-refractivity contribution in [3.8, 4) is 0 Å². The van der Waals surface area contributed by atoms with E-state index in [0.29, 0.717) is 23.2 Å². The van der Waals surface area contributed by atoms with Crippen molar-refractivity contribution in [2.75, 3.05) is 0 Å². The van der Waals surface area contributed by atoms with E-state index >= 15 is 0 Å². The molecule has 0 saturated heterocycles. The van der Waals surface area contributed by atoms with E-state index in [0.717, 1.165) is 42.1 Å². The van der Waals surface area contributed by atoms with Crippen LogP contribution in [0.5, 0.6) is 0 Å². The average molecular weight is 647 g/mol. The molecule has 0 N–H and O–H groups in total. The van der Waals surface area contributed by atoms with Gasteiger partial charge in [-0.3, -0.25) is 4.79 Å². The molecule has 0 aliphatic heterocycles. The first-order chi connectivity index (χ1) is 22.8. The minimum Gasteiger partial charge on any atom is -0.434 e. The number of rotatable bonds is 19. The van der Waals surface area contributed by atoms with Gasteiger partial charge >= 0.3 is 5.97 Å². The average Bonchev–Trinajstić information content (AvgIpc) is 3.42. The van der Waals surface area contributed by atoms with E-state index in [2.05, 4.69) is 58.1 Å². The predicted octanol–water partition coefficient (Wildman–Crippen LogP) is 14.0. The SMILES string of the molecule is CCCCCCCC/C=C\CCCCCCCC(=O)OC=C(C)C=CC=C(C)[C@H]1CC[C@H]2[C@@H]3CCC4CCCC[C@]4(C)[C@H]3CC[C@]12C. The van der Waals surface area contributed by atoms with Crippen molar-refractivity contribution in [2.24, 2.45) is 40.4 Å². The van der Waals surface area contributed by atoms with Gasteiger partial charge in [0.25, 0.3) is 0 Å². The van der Waals surface area contributed by atoms with E-state index in [1.165, 1.54) is 135 Å². The minimum absolute atomic E-state index is 0.0984. The molecule has 0 spiro atoms. The normalized spacial score (nSPS) is 32.8. The summed E-state index contributed by atoms with van der Waals surface area (Å²) in [6, 6.07) is 0. The van der Waals surface area contributed by atoms with Crippen molar-refractivity contribution in [3.63, 3.8) is 0 Å². The number of esters is 1. The number of hydrogen-bond donors (Lipinski definition) is 0. The van der Waals surface area contributed by atoms with Crippen molar-refractivity contribution in [3.05, 3.63) is 47.8 Å². The number of fused-ring (bicyclic) bond motifs is 5. The molecule has 2 nitrogen and oxygen atoms in total. The van der Waals surface area contributed by atoms with Gasteiger partial charge in [-0.2, -0.15) is 0 Å². The van der Waals surface area contributed by atoms with Crippen LogP contribution in [0, 0.1) is 40.4 Å². The molecule has 4 saturated carbocycles. The summed E-state index contributed by atoms with van der Waals surface area (Å²) in [6.45, 7) is 12.0. The summed E-state index contributed by atoms with van der Waals surface area (Å²) in [4.78, 5) is 12.3. The minimum atomic E-state index is -0.0984. The molecular formula is C45H74O2. The monoisotopic (exact) mass is 647 g/mol. The number of carbonyl (C=O) groups is 1. The van der Waals surface area contributed by atoms with Crippen LogP contribution in [-0.2, 0) is 9.53 Å². The molecule has 2 heteroatoms. The zero-order valence-electron chi connectivity index (χ0n) is 31.6. The Bertz CT molecular complexity index is 1060. The lowest BCUT2D eigenvalue weighted by Crippen LogP contribution is -2.52. The van der Waals surface area contributed by atoms with Crippen molar-refractivity contribution >= 4 is 5.97 Å². The molecule has 0 bridgehead atoms. The first-order valence-electron chi connectivity index (χ1n) is 20.7. The Balaban J connectivity index is 1.09. The second kappa shape index (κ2) is 19.6. The van der Waals surface area contributed by atoms with Gasteiger partial charge in [0.1, 0.15) is 0 Å². The molecule has 4 rings (SSSR count). The molecule has 4 fully saturated rings. The zero-order valence-corrected chi connectivity index (χ0v) is 31.6. The molecule has 4 aliphatic carbocycles. The maximum absolute atomic E-state index is 12.3. The van der Waals surface area contributed by atoms with Crippen molar-refractivity contribution < 1.29 is 9.53 Å². The number of hydrogen-bond acceptors (Lipinski definition) is 2. The molecular weight excluding hydrogens is 572 g/mol. The molecule has 0 aromatic carbocycles. The van der Waals surface area contributed by atoms with E-state index in [1.807, 2.05) is 6.92 Å². The third kappa shape index (κ3) is 10.7. The largest absolute Gasteiger partial charge is 0.434 e. The summed E-state index contributed by atoms with van der Waals surface area (Å²) in [6.07, 6.45) is 44.7. The quantitative estimate of drug-likeness (QED) is 0.0459. The topological polar surface area (TPSA) is 26.3 Å². The van der Waals surface area contributed by atoms with Crippen LogP contribution in [0.3, 0.4) is 0 Å². The first kappa shape index (κ1) is 38.2. The van der Waals surface area contributed by atoms with Crippen LogP contribution in [0.2, 0.25) is 0 Å². The lowest BCUT2D eigenvalue weighted by molar-refractivity contribution is -0.138. The Hall–Kier alpha value is -1.57. The predicted molar refractivity (Wildman–Crippen MR) is 202 cm³/mol. The summed E-state index contributed by atoms with van der Waals surface area (Å²) >= 11 is 0. The van der Waals surface area contributed by atoms with Crippen molar-refractivity contribution in [1.82, 2.24) is 0 Å². The lowest BCUT2D eigenvalue weighted by atomic mass is 9.44. The fraction of sp³-hybridized carbons (Fsp3) is 0.800. The molecule has 4 aliphatic rings. The molecule has 7 atom stereocenters. The first-order valence-corrected chi connectivity index (χ1v) is 20.7. The highest BCUT2D eigenvalue weighted by atomic mass is 16.5.